The van der Waals surface area contributed by atoms with Gasteiger partial charge in [-0.3, -0.25) is 0 Å². The molecule has 0 radical (unpaired) electrons. The number of aromatic nitrogens is 4. The Morgan fingerprint density at radius 2 is 2.31 bits per heavy atom. The van der Waals surface area contributed by atoms with E-state index < -0.39 is 0 Å². The van der Waals surface area contributed by atoms with Gasteiger partial charge in [0.2, 0.25) is 0 Å². The second-order valence-corrected chi connectivity index (χ2v) is 4.98. The topological polar surface area (TPSA) is 66.5 Å². The Bertz CT molecular complexity index is 428. The predicted octanol–water partition coefficient (Wildman–Crippen LogP) is 1.38. The van der Waals surface area contributed by atoms with Gasteiger partial charge in [-0.1, -0.05) is 0 Å². The number of hydrogen-bond donors (Lipinski definition) is 2. The number of rotatable bonds is 4. The second kappa shape index (κ2) is 4.71. The van der Waals surface area contributed by atoms with Crippen molar-refractivity contribution in [2.45, 2.75) is 26.3 Å². The minimum atomic E-state index is 0.170. The van der Waals surface area contributed by atoms with Gasteiger partial charge in [-0.15, -0.1) is 11.3 Å². The zero-order chi connectivity index (χ0) is 11.5. The van der Waals surface area contributed by atoms with Crippen molar-refractivity contribution in [2.75, 3.05) is 7.05 Å². The monoisotopic (exact) mass is 237 g/mol. The molecular formula is C10H15N5S. The second-order valence-electron chi connectivity index (χ2n) is 3.69. The molecular weight excluding hydrogens is 222 g/mol. The summed E-state index contributed by atoms with van der Waals surface area (Å²) in [4.78, 5) is 5.81. The fourth-order valence-corrected chi connectivity index (χ4v) is 2.51. The molecule has 0 saturated carbocycles. The molecule has 2 aromatic rings. The van der Waals surface area contributed by atoms with Crippen LogP contribution in [0.5, 0.6) is 0 Å². The molecule has 2 heterocycles. The minimum absolute atomic E-state index is 0.170. The molecule has 0 amide bonds. The number of nitrogens with zero attached hydrogens (tertiary/aromatic N) is 3. The lowest BCUT2D eigenvalue weighted by Gasteiger charge is -2.10. The summed E-state index contributed by atoms with van der Waals surface area (Å²) >= 11 is 1.75. The lowest BCUT2D eigenvalue weighted by molar-refractivity contribution is 0.572. The summed E-state index contributed by atoms with van der Waals surface area (Å²) in [5.41, 5.74) is 2.04. The highest BCUT2D eigenvalue weighted by Crippen LogP contribution is 2.21. The maximum Gasteiger partial charge on any atom is 0.0998 e. The first-order chi connectivity index (χ1) is 7.70. The van der Waals surface area contributed by atoms with Gasteiger partial charge in [0.15, 0.2) is 0 Å². The fourth-order valence-electron chi connectivity index (χ4n) is 1.53. The molecule has 86 valence electrons. The summed E-state index contributed by atoms with van der Waals surface area (Å²) in [6, 6.07) is 0.170. The number of aromatic amines is 1. The SMILES string of the molecule is CNC(Cc1nc(C)c(C)s1)c1cn[nH]n1. The van der Waals surface area contributed by atoms with Crippen molar-refractivity contribution in [1.82, 2.24) is 25.7 Å². The Morgan fingerprint density at radius 1 is 1.50 bits per heavy atom. The Kier molecular flexibility index (Phi) is 3.31. The fraction of sp³-hybridized carbons (Fsp3) is 0.500. The molecule has 0 fully saturated rings. The molecule has 2 aromatic heterocycles. The van der Waals surface area contributed by atoms with Crippen molar-refractivity contribution >= 4 is 11.3 Å². The largest absolute Gasteiger partial charge is 0.311 e. The number of hydrogen-bond acceptors (Lipinski definition) is 5. The maximum absolute atomic E-state index is 4.53. The van der Waals surface area contributed by atoms with Crippen LogP contribution < -0.4 is 5.32 Å². The van der Waals surface area contributed by atoms with E-state index in [1.54, 1.807) is 17.5 Å². The Morgan fingerprint density at radius 3 is 2.81 bits per heavy atom. The summed E-state index contributed by atoms with van der Waals surface area (Å²) in [6.07, 6.45) is 2.59. The molecule has 6 heteroatoms. The van der Waals surface area contributed by atoms with E-state index in [-0.39, 0.29) is 6.04 Å². The summed E-state index contributed by atoms with van der Waals surface area (Å²) < 4.78 is 0. The summed E-state index contributed by atoms with van der Waals surface area (Å²) in [6.45, 7) is 4.14. The van der Waals surface area contributed by atoms with Crippen LogP contribution in [-0.2, 0) is 6.42 Å². The smallest absolute Gasteiger partial charge is 0.0998 e. The molecule has 0 aliphatic heterocycles. The van der Waals surface area contributed by atoms with E-state index in [4.69, 9.17) is 0 Å². The number of likely N-dealkylation sites (N-methyl/N-ethyl adjacent to an activating group) is 1. The normalized spacial score (nSPS) is 12.9. The molecule has 0 bridgehead atoms. The highest BCUT2D eigenvalue weighted by atomic mass is 32.1. The first-order valence-electron chi connectivity index (χ1n) is 5.16. The zero-order valence-corrected chi connectivity index (χ0v) is 10.4. The van der Waals surface area contributed by atoms with Crippen LogP contribution in [0.1, 0.15) is 27.3 Å². The highest BCUT2D eigenvalue weighted by Gasteiger charge is 2.15. The third-order valence-corrected chi connectivity index (χ3v) is 3.69. The van der Waals surface area contributed by atoms with Crippen LogP contribution in [0, 0.1) is 13.8 Å². The van der Waals surface area contributed by atoms with Gasteiger partial charge in [0.25, 0.3) is 0 Å². The van der Waals surface area contributed by atoms with Gasteiger partial charge in [-0.2, -0.15) is 15.4 Å². The average molecular weight is 237 g/mol. The van der Waals surface area contributed by atoms with Crippen molar-refractivity contribution in [1.29, 1.82) is 0 Å². The van der Waals surface area contributed by atoms with E-state index in [1.165, 1.54) is 4.88 Å². The van der Waals surface area contributed by atoms with Crippen LogP contribution in [0.2, 0.25) is 0 Å². The third kappa shape index (κ3) is 2.28. The van der Waals surface area contributed by atoms with Gasteiger partial charge in [-0.25, -0.2) is 4.98 Å². The highest BCUT2D eigenvalue weighted by molar-refractivity contribution is 7.11. The minimum Gasteiger partial charge on any atom is -0.311 e. The van der Waals surface area contributed by atoms with E-state index in [2.05, 4.69) is 32.6 Å². The standard InChI is InChI=1S/C10H15N5S/c1-6-7(2)16-10(13-6)4-8(11-3)9-5-12-15-14-9/h5,8,11H,4H2,1-3H3,(H,12,14,15). The van der Waals surface area contributed by atoms with Crippen LogP contribution in [0.4, 0.5) is 0 Å². The van der Waals surface area contributed by atoms with E-state index in [9.17, 15) is 0 Å². The first-order valence-corrected chi connectivity index (χ1v) is 5.98. The van der Waals surface area contributed by atoms with Gasteiger partial charge >= 0.3 is 0 Å². The molecule has 1 unspecified atom stereocenters. The molecule has 0 aliphatic carbocycles. The van der Waals surface area contributed by atoms with E-state index in [0.717, 1.165) is 22.8 Å². The van der Waals surface area contributed by atoms with Crippen molar-refractivity contribution in [3.8, 4) is 0 Å². The van der Waals surface area contributed by atoms with Gasteiger partial charge in [-0.05, 0) is 20.9 Å². The number of aryl methyl sites for hydroxylation is 2. The molecule has 0 aromatic carbocycles. The van der Waals surface area contributed by atoms with E-state index >= 15 is 0 Å². The van der Waals surface area contributed by atoms with Crippen LogP contribution in [-0.4, -0.2) is 27.4 Å². The molecule has 0 aliphatic rings. The van der Waals surface area contributed by atoms with Crippen LogP contribution in [0.15, 0.2) is 6.20 Å². The van der Waals surface area contributed by atoms with Crippen molar-refractivity contribution in [2.24, 2.45) is 0 Å². The van der Waals surface area contributed by atoms with Gasteiger partial charge < -0.3 is 5.32 Å². The Balaban J connectivity index is 2.13. The zero-order valence-electron chi connectivity index (χ0n) is 9.61. The van der Waals surface area contributed by atoms with Crippen LogP contribution >= 0.6 is 11.3 Å². The molecule has 2 rings (SSSR count). The molecule has 5 nitrogen and oxygen atoms in total. The Hall–Kier alpha value is -1.27. The van der Waals surface area contributed by atoms with Gasteiger partial charge in [0.05, 0.1) is 28.6 Å². The van der Waals surface area contributed by atoms with Crippen LogP contribution in [0.25, 0.3) is 0 Å². The van der Waals surface area contributed by atoms with Crippen molar-refractivity contribution in [3.05, 3.63) is 27.5 Å². The van der Waals surface area contributed by atoms with Crippen LogP contribution in [0.3, 0.4) is 0 Å². The van der Waals surface area contributed by atoms with Gasteiger partial charge in [0.1, 0.15) is 0 Å². The number of thiazole rings is 1. The van der Waals surface area contributed by atoms with Crippen molar-refractivity contribution in [3.63, 3.8) is 0 Å². The predicted molar refractivity (Wildman–Crippen MR) is 63.5 cm³/mol. The average Bonchev–Trinajstić information content (AvgIpc) is 2.86. The Labute approximate surface area is 98.3 Å². The third-order valence-electron chi connectivity index (χ3n) is 2.59. The maximum atomic E-state index is 4.53. The van der Waals surface area contributed by atoms with E-state index in [1.807, 2.05) is 14.0 Å². The first kappa shape index (κ1) is 11.2. The van der Waals surface area contributed by atoms with Crippen molar-refractivity contribution < 1.29 is 0 Å². The summed E-state index contributed by atoms with van der Waals surface area (Å²) in [7, 11) is 1.92. The number of nitrogens with one attached hydrogen (secondary N) is 2. The number of H-pyrrole nitrogens is 1. The molecule has 2 N–H and O–H groups in total. The lowest BCUT2D eigenvalue weighted by atomic mass is 10.1. The lowest BCUT2D eigenvalue weighted by Crippen LogP contribution is -2.19. The quantitative estimate of drug-likeness (QED) is 0.843. The molecule has 16 heavy (non-hydrogen) atoms. The molecule has 1 atom stereocenters. The van der Waals surface area contributed by atoms with Gasteiger partial charge in [0, 0.05) is 11.3 Å². The summed E-state index contributed by atoms with van der Waals surface area (Å²) in [5, 5.41) is 14.9. The summed E-state index contributed by atoms with van der Waals surface area (Å²) in [5.74, 6) is 0. The van der Waals surface area contributed by atoms with E-state index in [0.29, 0.717) is 0 Å². The molecule has 0 saturated heterocycles. The molecule has 0 spiro atoms.